The topological polar surface area (TPSA) is 56.2 Å². The molecule has 1 saturated heterocycles. The molecule has 1 fully saturated rings. The number of hydrogen-bond donors (Lipinski definition) is 2. The summed E-state index contributed by atoms with van der Waals surface area (Å²) in [5.74, 6) is -0.210. The zero-order valence-corrected chi connectivity index (χ0v) is 12.4. The Kier molecular flexibility index (Phi) is 3.77. The Bertz CT molecular complexity index is 554. The fourth-order valence-electron chi connectivity index (χ4n) is 1.57. The number of carbonyl (C=O) groups is 1. The summed E-state index contributed by atoms with van der Waals surface area (Å²) in [6, 6.07) is 5.89. The average Bonchev–Trinajstić information content (AvgIpc) is 2.57. The van der Waals surface area contributed by atoms with Crippen LogP contribution in [0.2, 0.25) is 0 Å². The summed E-state index contributed by atoms with van der Waals surface area (Å²) in [5.41, 5.74) is 2.01. The van der Waals surface area contributed by atoms with Crippen LogP contribution >= 0.6 is 27.7 Å². The van der Waals surface area contributed by atoms with Crippen molar-refractivity contribution in [3.63, 3.8) is 0 Å². The van der Waals surface area contributed by atoms with E-state index >= 15 is 0 Å². The van der Waals surface area contributed by atoms with E-state index in [0.29, 0.717) is 4.91 Å². The summed E-state index contributed by atoms with van der Waals surface area (Å²) < 4.78 is 0.973. The van der Waals surface area contributed by atoms with Crippen LogP contribution in [-0.4, -0.2) is 25.2 Å². The van der Waals surface area contributed by atoms with E-state index in [9.17, 15) is 4.79 Å². The Hall–Kier alpha value is -1.27. The first-order valence-electron chi connectivity index (χ1n) is 5.23. The van der Waals surface area contributed by atoms with Crippen molar-refractivity contribution in [3.8, 4) is 0 Å². The summed E-state index contributed by atoms with van der Waals surface area (Å²) in [4.78, 5) is 14.0. The van der Waals surface area contributed by atoms with E-state index in [1.165, 1.54) is 0 Å². The molecule has 0 spiro atoms. The van der Waals surface area contributed by atoms with Crippen LogP contribution in [0.3, 0.4) is 0 Å². The highest BCUT2D eigenvalue weighted by Crippen LogP contribution is 2.29. The largest absolute Gasteiger partial charge is 0.377 e. The second kappa shape index (κ2) is 5.16. The number of rotatable bonds is 2. The second-order valence-electron chi connectivity index (χ2n) is 4.00. The van der Waals surface area contributed by atoms with Gasteiger partial charge in [0.25, 0.3) is 5.91 Å². The molecule has 0 radical (unpaired) electrons. The molecule has 0 saturated carbocycles. The lowest BCUT2D eigenvalue weighted by molar-refractivity contribution is -0.115. The van der Waals surface area contributed by atoms with Crippen molar-refractivity contribution >= 4 is 50.5 Å². The minimum Gasteiger partial charge on any atom is -0.377 e. The Morgan fingerprint density at radius 2 is 2.17 bits per heavy atom. The van der Waals surface area contributed by atoms with Crippen molar-refractivity contribution < 1.29 is 4.79 Å². The van der Waals surface area contributed by atoms with Gasteiger partial charge < -0.3 is 10.2 Å². The van der Waals surface area contributed by atoms with E-state index in [0.717, 1.165) is 27.5 Å². The highest BCUT2D eigenvalue weighted by atomic mass is 79.9. The van der Waals surface area contributed by atoms with E-state index in [4.69, 9.17) is 5.41 Å². The van der Waals surface area contributed by atoms with Crippen LogP contribution in [0.5, 0.6) is 0 Å². The maximum absolute atomic E-state index is 11.5. The predicted molar refractivity (Wildman–Crippen MR) is 79.9 cm³/mol. The Balaban J connectivity index is 2.31. The van der Waals surface area contributed by atoms with Crippen molar-refractivity contribution in [2.75, 3.05) is 19.0 Å². The summed E-state index contributed by atoms with van der Waals surface area (Å²) in [6.45, 7) is 0. The van der Waals surface area contributed by atoms with E-state index in [-0.39, 0.29) is 11.1 Å². The van der Waals surface area contributed by atoms with E-state index in [1.54, 1.807) is 6.08 Å². The van der Waals surface area contributed by atoms with Crippen molar-refractivity contribution in [1.29, 1.82) is 5.41 Å². The number of carbonyl (C=O) groups excluding carboxylic acids is 1. The third-order valence-electron chi connectivity index (χ3n) is 2.41. The molecule has 94 valence electrons. The summed E-state index contributed by atoms with van der Waals surface area (Å²) >= 11 is 4.65. The first-order valence-corrected chi connectivity index (χ1v) is 6.84. The average molecular weight is 326 g/mol. The minimum atomic E-state index is -0.210. The van der Waals surface area contributed by atoms with E-state index < -0.39 is 0 Å². The number of nitrogens with one attached hydrogen (secondary N) is 2. The van der Waals surface area contributed by atoms with Gasteiger partial charge in [-0.05, 0) is 51.5 Å². The molecule has 1 aromatic rings. The van der Waals surface area contributed by atoms with Gasteiger partial charge in [0, 0.05) is 18.6 Å². The van der Waals surface area contributed by atoms with E-state index in [1.807, 2.05) is 37.2 Å². The normalized spacial score (nSPS) is 17.2. The van der Waals surface area contributed by atoms with Gasteiger partial charge in [-0.2, -0.15) is 0 Å². The summed E-state index contributed by atoms with van der Waals surface area (Å²) in [7, 11) is 3.94. The number of amidine groups is 1. The first kappa shape index (κ1) is 13.2. The SMILES string of the molecule is CN(C)c1ccc(/C=C2/SC(=N)NC2=O)cc1Br. The van der Waals surface area contributed by atoms with Gasteiger partial charge in [0.1, 0.15) is 0 Å². The smallest absolute Gasteiger partial charge is 0.264 e. The number of nitrogens with zero attached hydrogens (tertiary/aromatic N) is 1. The molecular formula is C12H12BrN3OS. The van der Waals surface area contributed by atoms with Crippen LogP contribution in [0.15, 0.2) is 27.6 Å². The quantitative estimate of drug-likeness (QED) is 0.822. The predicted octanol–water partition coefficient (Wildman–Crippen LogP) is 2.65. The second-order valence-corrected chi connectivity index (χ2v) is 5.91. The molecule has 0 aromatic heterocycles. The van der Waals surface area contributed by atoms with Crippen molar-refractivity contribution in [2.45, 2.75) is 0 Å². The third-order valence-corrected chi connectivity index (χ3v) is 3.88. The molecular weight excluding hydrogens is 314 g/mol. The molecule has 2 rings (SSSR count). The van der Waals surface area contributed by atoms with Crippen LogP contribution in [0.1, 0.15) is 5.56 Å². The van der Waals surface area contributed by atoms with Crippen LogP contribution < -0.4 is 10.2 Å². The molecule has 1 aliphatic heterocycles. The maximum Gasteiger partial charge on any atom is 0.264 e. The lowest BCUT2D eigenvalue weighted by Gasteiger charge is -2.14. The van der Waals surface area contributed by atoms with Gasteiger partial charge in [-0.1, -0.05) is 6.07 Å². The first-order chi connectivity index (χ1) is 8.47. The number of amides is 1. The number of anilines is 1. The summed E-state index contributed by atoms with van der Waals surface area (Å²) in [6.07, 6.45) is 1.78. The van der Waals surface area contributed by atoms with E-state index in [2.05, 4.69) is 21.2 Å². The highest BCUT2D eigenvalue weighted by molar-refractivity contribution is 9.10. The molecule has 0 aliphatic carbocycles. The van der Waals surface area contributed by atoms with Gasteiger partial charge in [-0.3, -0.25) is 10.2 Å². The molecule has 18 heavy (non-hydrogen) atoms. The van der Waals surface area contributed by atoms with Gasteiger partial charge in [-0.15, -0.1) is 0 Å². The van der Waals surface area contributed by atoms with Gasteiger partial charge in [-0.25, -0.2) is 0 Å². The van der Waals surface area contributed by atoms with Crippen LogP contribution in [0.4, 0.5) is 5.69 Å². The number of benzene rings is 1. The Morgan fingerprint density at radius 1 is 1.44 bits per heavy atom. The molecule has 6 heteroatoms. The fourth-order valence-corrected chi connectivity index (χ4v) is 3.02. The molecule has 2 N–H and O–H groups in total. The Morgan fingerprint density at radius 3 is 2.67 bits per heavy atom. The minimum absolute atomic E-state index is 0.176. The van der Waals surface area contributed by atoms with Gasteiger partial charge in [0.2, 0.25) is 0 Å². The molecule has 0 bridgehead atoms. The fraction of sp³-hybridized carbons (Fsp3) is 0.167. The molecule has 0 atom stereocenters. The van der Waals surface area contributed by atoms with Crippen LogP contribution in [0.25, 0.3) is 6.08 Å². The molecule has 4 nitrogen and oxygen atoms in total. The number of hydrogen-bond acceptors (Lipinski definition) is 4. The highest BCUT2D eigenvalue weighted by Gasteiger charge is 2.22. The monoisotopic (exact) mass is 325 g/mol. The van der Waals surface area contributed by atoms with Crippen LogP contribution in [0, 0.1) is 5.41 Å². The van der Waals surface area contributed by atoms with Crippen molar-refractivity contribution in [1.82, 2.24) is 5.32 Å². The van der Waals surface area contributed by atoms with Crippen molar-refractivity contribution in [2.24, 2.45) is 0 Å². The van der Waals surface area contributed by atoms with Gasteiger partial charge in [0.15, 0.2) is 5.17 Å². The molecule has 0 unspecified atom stereocenters. The molecule has 1 aromatic carbocycles. The van der Waals surface area contributed by atoms with Crippen LogP contribution in [-0.2, 0) is 4.79 Å². The molecule has 1 aliphatic rings. The zero-order valence-electron chi connectivity index (χ0n) is 9.95. The number of halogens is 1. The van der Waals surface area contributed by atoms with Crippen molar-refractivity contribution in [3.05, 3.63) is 33.1 Å². The third kappa shape index (κ3) is 2.76. The van der Waals surface area contributed by atoms with Gasteiger partial charge >= 0.3 is 0 Å². The van der Waals surface area contributed by atoms with Gasteiger partial charge in [0.05, 0.1) is 10.6 Å². The Labute approximate surface area is 118 Å². The summed E-state index contributed by atoms with van der Waals surface area (Å²) in [5, 5.41) is 10.0. The number of thioether (sulfide) groups is 1. The standard InChI is InChI=1S/C12H12BrN3OS/c1-16(2)9-4-3-7(5-8(9)13)6-10-11(17)15-12(14)18-10/h3-6H,1-2H3,(H2,14,15,17)/b10-6+. The molecule has 1 amide bonds. The lowest BCUT2D eigenvalue weighted by atomic mass is 10.2. The lowest BCUT2D eigenvalue weighted by Crippen LogP contribution is -2.18. The maximum atomic E-state index is 11.5. The zero-order chi connectivity index (χ0) is 13.3. The molecule has 1 heterocycles.